The summed E-state index contributed by atoms with van der Waals surface area (Å²) >= 11 is 0. The first-order chi connectivity index (χ1) is 7.58. The van der Waals surface area contributed by atoms with Crippen molar-refractivity contribution in [3.05, 3.63) is 41.1 Å². The van der Waals surface area contributed by atoms with Gasteiger partial charge < -0.3 is 5.73 Å². The number of benzene rings is 1. The van der Waals surface area contributed by atoms with Crippen LogP contribution in [-0.4, -0.2) is 10.9 Å². The second-order valence-corrected chi connectivity index (χ2v) is 4.04. The van der Waals surface area contributed by atoms with E-state index >= 15 is 0 Å². The third-order valence-electron chi connectivity index (χ3n) is 2.62. The van der Waals surface area contributed by atoms with E-state index in [2.05, 4.69) is 4.98 Å². The molecule has 0 aliphatic rings. The fourth-order valence-corrected chi connectivity index (χ4v) is 1.97. The van der Waals surface area contributed by atoms with Crippen LogP contribution >= 0.6 is 0 Å². The zero-order chi connectivity index (χ0) is 11.7. The largest absolute Gasteiger partial charge is 0.369 e. The van der Waals surface area contributed by atoms with Gasteiger partial charge in [-0.25, -0.2) is 0 Å². The number of rotatable bonds is 2. The number of amides is 1. The van der Waals surface area contributed by atoms with Gasteiger partial charge in [0, 0.05) is 11.1 Å². The molecule has 3 heteroatoms. The normalized spacial score (nSPS) is 10.6. The average molecular weight is 214 g/mol. The van der Waals surface area contributed by atoms with E-state index in [0.29, 0.717) is 0 Å². The lowest BCUT2D eigenvalue weighted by Crippen LogP contribution is -2.14. The summed E-state index contributed by atoms with van der Waals surface area (Å²) < 4.78 is 0. The molecular formula is C13H14N2O. The standard InChI is InChI=1S/C13H14N2O/c1-8-6-9(2)15-13-10(7-12(14)16)4-3-5-11(8)13/h3-6H,7H2,1-2H3,(H2,14,16). The van der Waals surface area contributed by atoms with Crippen LogP contribution in [0, 0.1) is 13.8 Å². The number of fused-ring (bicyclic) bond motifs is 1. The van der Waals surface area contributed by atoms with E-state index in [-0.39, 0.29) is 12.3 Å². The number of nitrogens with two attached hydrogens (primary N) is 1. The summed E-state index contributed by atoms with van der Waals surface area (Å²) in [4.78, 5) is 15.5. The van der Waals surface area contributed by atoms with Gasteiger partial charge in [0.25, 0.3) is 0 Å². The SMILES string of the molecule is Cc1cc(C)c2cccc(CC(N)=O)c2n1. The summed E-state index contributed by atoms with van der Waals surface area (Å²) in [5, 5.41) is 1.09. The molecule has 0 bridgehead atoms. The Morgan fingerprint density at radius 2 is 2.12 bits per heavy atom. The maximum Gasteiger partial charge on any atom is 0.221 e. The molecule has 1 aromatic heterocycles. The van der Waals surface area contributed by atoms with E-state index in [4.69, 9.17) is 5.73 Å². The van der Waals surface area contributed by atoms with Gasteiger partial charge in [-0.1, -0.05) is 18.2 Å². The lowest BCUT2D eigenvalue weighted by atomic mass is 10.0. The van der Waals surface area contributed by atoms with E-state index in [1.165, 1.54) is 5.56 Å². The third-order valence-corrected chi connectivity index (χ3v) is 2.62. The van der Waals surface area contributed by atoms with Crippen molar-refractivity contribution < 1.29 is 4.79 Å². The summed E-state index contributed by atoms with van der Waals surface area (Å²) in [5.74, 6) is -0.326. The van der Waals surface area contributed by atoms with Crippen molar-refractivity contribution in [2.24, 2.45) is 5.73 Å². The Morgan fingerprint density at radius 1 is 1.38 bits per heavy atom. The minimum absolute atomic E-state index is 0.243. The van der Waals surface area contributed by atoms with E-state index in [1.54, 1.807) is 0 Å². The topological polar surface area (TPSA) is 56.0 Å². The predicted octanol–water partition coefficient (Wildman–Crippen LogP) is 1.88. The molecule has 2 N–H and O–H groups in total. The highest BCUT2D eigenvalue weighted by Crippen LogP contribution is 2.21. The Hall–Kier alpha value is -1.90. The van der Waals surface area contributed by atoms with E-state index in [9.17, 15) is 4.79 Å². The number of pyridine rings is 1. The number of aryl methyl sites for hydroxylation is 2. The summed E-state index contributed by atoms with van der Waals surface area (Å²) in [6.07, 6.45) is 0.243. The summed E-state index contributed by atoms with van der Waals surface area (Å²) in [6, 6.07) is 7.89. The van der Waals surface area contributed by atoms with Crippen molar-refractivity contribution in [1.82, 2.24) is 4.98 Å². The van der Waals surface area contributed by atoms with Crippen LogP contribution in [-0.2, 0) is 11.2 Å². The van der Waals surface area contributed by atoms with Crippen LogP contribution in [0.1, 0.15) is 16.8 Å². The molecule has 16 heavy (non-hydrogen) atoms. The van der Waals surface area contributed by atoms with Crippen LogP contribution in [0.4, 0.5) is 0 Å². The Morgan fingerprint density at radius 3 is 2.81 bits per heavy atom. The number of hydrogen-bond donors (Lipinski definition) is 1. The molecule has 0 aliphatic carbocycles. The lowest BCUT2D eigenvalue weighted by Gasteiger charge is -2.07. The number of carbonyl (C=O) groups excluding carboxylic acids is 1. The van der Waals surface area contributed by atoms with Crippen molar-refractivity contribution in [1.29, 1.82) is 0 Å². The first kappa shape index (κ1) is 10.6. The molecule has 0 fully saturated rings. The van der Waals surface area contributed by atoms with Crippen molar-refractivity contribution in [2.75, 3.05) is 0 Å². The fourth-order valence-electron chi connectivity index (χ4n) is 1.97. The first-order valence-corrected chi connectivity index (χ1v) is 5.22. The second kappa shape index (κ2) is 3.93. The monoisotopic (exact) mass is 214 g/mol. The van der Waals surface area contributed by atoms with Crippen molar-refractivity contribution in [3.63, 3.8) is 0 Å². The van der Waals surface area contributed by atoms with Crippen molar-refractivity contribution in [3.8, 4) is 0 Å². The Balaban J connectivity index is 2.71. The minimum Gasteiger partial charge on any atom is -0.369 e. The summed E-state index contributed by atoms with van der Waals surface area (Å²) in [5.41, 5.74) is 9.15. The van der Waals surface area contributed by atoms with Gasteiger partial charge >= 0.3 is 0 Å². The van der Waals surface area contributed by atoms with Crippen molar-refractivity contribution in [2.45, 2.75) is 20.3 Å². The number of carbonyl (C=O) groups is 1. The average Bonchev–Trinajstić information content (AvgIpc) is 2.18. The van der Waals surface area contributed by atoms with Gasteiger partial charge in [-0.05, 0) is 31.0 Å². The molecule has 0 saturated carbocycles. The molecule has 2 rings (SSSR count). The highest BCUT2D eigenvalue weighted by Gasteiger charge is 2.07. The molecule has 0 unspecified atom stereocenters. The van der Waals surface area contributed by atoms with Crippen LogP contribution in [0.15, 0.2) is 24.3 Å². The molecule has 2 aromatic rings. The van der Waals surface area contributed by atoms with Gasteiger partial charge in [0.15, 0.2) is 0 Å². The van der Waals surface area contributed by atoms with Crippen LogP contribution in [0.3, 0.4) is 0 Å². The van der Waals surface area contributed by atoms with Gasteiger partial charge in [-0.15, -0.1) is 0 Å². The predicted molar refractivity (Wildman–Crippen MR) is 64.1 cm³/mol. The smallest absolute Gasteiger partial charge is 0.221 e. The Labute approximate surface area is 94.3 Å². The second-order valence-electron chi connectivity index (χ2n) is 4.04. The first-order valence-electron chi connectivity index (χ1n) is 5.22. The molecule has 0 spiro atoms. The summed E-state index contributed by atoms with van der Waals surface area (Å²) in [6.45, 7) is 4.00. The van der Waals surface area contributed by atoms with E-state index < -0.39 is 0 Å². The molecule has 0 aliphatic heterocycles. The van der Waals surface area contributed by atoms with Crippen LogP contribution in [0.2, 0.25) is 0 Å². The maximum atomic E-state index is 11.0. The quantitative estimate of drug-likeness (QED) is 0.829. The number of hydrogen-bond acceptors (Lipinski definition) is 2. The highest BCUT2D eigenvalue weighted by molar-refractivity contribution is 5.89. The fraction of sp³-hybridized carbons (Fsp3) is 0.231. The zero-order valence-electron chi connectivity index (χ0n) is 9.45. The molecule has 1 aromatic carbocycles. The number of nitrogens with zero attached hydrogens (tertiary/aromatic N) is 1. The molecule has 82 valence electrons. The van der Waals surface area contributed by atoms with Gasteiger partial charge in [0.05, 0.1) is 11.9 Å². The molecule has 3 nitrogen and oxygen atoms in total. The van der Waals surface area contributed by atoms with Gasteiger partial charge in [-0.2, -0.15) is 0 Å². The van der Waals surface area contributed by atoms with Crippen LogP contribution in [0.25, 0.3) is 10.9 Å². The van der Waals surface area contributed by atoms with Gasteiger partial charge in [0.2, 0.25) is 5.91 Å². The van der Waals surface area contributed by atoms with E-state index in [0.717, 1.165) is 22.2 Å². The third kappa shape index (κ3) is 1.89. The van der Waals surface area contributed by atoms with Gasteiger partial charge in [0.1, 0.15) is 0 Å². The Bertz CT molecular complexity index is 561. The molecule has 0 radical (unpaired) electrons. The number of para-hydroxylation sites is 1. The molecular weight excluding hydrogens is 200 g/mol. The minimum atomic E-state index is -0.326. The van der Waals surface area contributed by atoms with Crippen molar-refractivity contribution >= 4 is 16.8 Å². The van der Waals surface area contributed by atoms with Gasteiger partial charge in [-0.3, -0.25) is 9.78 Å². The number of primary amides is 1. The molecule has 0 saturated heterocycles. The zero-order valence-corrected chi connectivity index (χ0v) is 9.45. The maximum absolute atomic E-state index is 11.0. The highest BCUT2D eigenvalue weighted by atomic mass is 16.1. The Kier molecular flexibility index (Phi) is 2.60. The van der Waals surface area contributed by atoms with Crippen LogP contribution in [0.5, 0.6) is 0 Å². The lowest BCUT2D eigenvalue weighted by molar-refractivity contribution is -0.117. The van der Waals surface area contributed by atoms with E-state index in [1.807, 2.05) is 38.1 Å². The van der Waals surface area contributed by atoms with Crippen LogP contribution < -0.4 is 5.73 Å². The molecule has 0 atom stereocenters. The summed E-state index contributed by atoms with van der Waals surface area (Å²) in [7, 11) is 0. The number of aromatic nitrogens is 1. The molecule has 1 heterocycles. The molecule has 1 amide bonds.